The topological polar surface area (TPSA) is 109 Å². The Hall–Kier alpha value is 1.17. The normalized spacial score (nSPS) is 5.67. The van der Waals surface area contributed by atoms with Gasteiger partial charge in [0.1, 0.15) is 7.40 Å². The van der Waals surface area contributed by atoms with Gasteiger partial charge >= 0.3 is 51.4 Å². The number of rotatable bonds is 0. The molecule has 0 saturated carbocycles. The van der Waals surface area contributed by atoms with Crippen LogP contribution < -0.4 is 71.0 Å². The molecule has 0 amide bonds. The molecule has 0 unspecified atom stereocenters. The molecule has 0 atom stereocenters. The van der Waals surface area contributed by atoms with Gasteiger partial charge in [-0.15, -0.1) is 0 Å². The van der Waals surface area contributed by atoms with Crippen molar-refractivity contribution in [2.75, 3.05) is 0 Å². The minimum atomic E-state index is -3.63. The van der Waals surface area contributed by atoms with Gasteiger partial charge < -0.3 is 28.4 Å². The van der Waals surface area contributed by atoms with E-state index in [1.165, 1.54) is 0 Å². The Balaban J connectivity index is -0.0000000720. The first-order valence-corrected chi connectivity index (χ1v) is 2.53. The first kappa shape index (κ1) is 16.6. The van der Waals surface area contributed by atoms with Crippen LogP contribution in [0.1, 0.15) is 0 Å². The maximum atomic E-state index is 9.89. The SMILES string of the molecule is O=[Si]([O-])[O-].[K+].[O-]B([O-])F. The summed E-state index contributed by atoms with van der Waals surface area (Å²) in [6, 6.07) is 0. The molecule has 0 heterocycles. The van der Waals surface area contributed by atoms with Gasteiger partial charge in [0.25, 0.3) is 0 Å². The molecule has 0 fully saturated rings. The number of hydrogen-bond acceptors (Lipinski definition) is 5. The Bertz CT molecular complexity index is 61.2. The molecule has 0 radical (unpaired) electrons. The summed E-state index contributed by atoms with van der Waals surface area (Å²) in [7, 11) is -6.80. The van der Waals surface area contributed by atoms with Gasteiger partial charge in [-0.25, -0.2) is 0 Å². The average Bonchev–Trinajstić information content (AvgIpc) is 1.25. The van der Waals surface area contributed by atoms with Crippen LogP contribution in [0.4, 0.5) is 4.32 Å². The van der Waals surface area contributed by atoms with Crippen LogP contribution in [-0.4, -0.2) is 16.6 Å². The summed E-state index contributed by atoms with van der Waals surface area (Å²) in [5.74, 6) is 0. The summed E-state index contributed by atoms with van der Waals surface area (Å²) in [4.78, 5) is 17.0. The molecule has 0 aliphatic carbocycles. The van der Waals surface area contributed by atoms with Gasteiger partial charge in [-0.1, -0.05) is 0 Å². The standard InChI is InChI=1S/BFO2.K.O3Si/c2-1(3)4;;1-4(2)3/q-2;+1;-2. The zero-order valence-corrected chi connectivity index (χ0v) is 8.62. The van der Waals surface area contributed by atoms with Gasteiger partial charge in [-0.3, -0.25) is 0 Å². The number of halogens is 1. The average molecular weight is 177 g/mol. The van der Waals surface area contributed by atoms with Gasteiger partial charge in [0.15, 0.2) is 0 Å². The summed E-state index contributed by atoms with van der Waals surface area (Å²) in [6.07, 6.45) is 0. The van der Waals surface area contributed by atoms with Crippen LogP contribution in [0.2, 0.25) is 0 Å². The third-order valence-corrected chi connectivity index (χ3v) is 0. The monoisotopic (exact) mass is 177 g/mol. The van der Waals surface area contributed by atoms with E-state index in [1.54, 1.807) is 0 Å². The summed E-state index contributed by atoms with van der Waals surface area (Å²) in [5, 5.41) is 16.6. The molecule has 0 spiro atoms. The van der Waals surface area contributed by atoms with Crippen LogP contribution >= 0.6 is 0 Å². The minimum absolute atomic E-state index is 0. The molecule has 5 nitrogen and oxygen atoms in total. The molecule has 9 heavy (non-hydrogen) atoms. The van der Waals surface area contributed by atoms with E-state index in [0.29, 0.717) is 0 Å². The second-order valence-electron chi connectivity index (χ2n) is 0.524. The third-order valence-electron chi connectivity index (χ3n) is 0. The molecule has 0 aromatic carbocycles. The van der Waals surface area contributed by atoms with E-state index >= 15 is 0 Å². The van der Waals surface area contributed by atoms with E-state index in [9.17, 15) is 4.32 Å². The Morgan fingerprint density at radius 3 is 1.33 bits per heavy atom. The van der Waals surface area contributed by atoms with Gasteiger partial charge in [0.2, 0.25) is 0 Å². The van der Waals surface area contributed by atoms with Crippen molar-refractivity contribution in [3.63, 3.8) is 0 Å². The fourth-order valence-electron chi connectivity index (χ4n) is 0. The first-order chi connectivity index (χ1) is 3.46. The van der Waals surface area contributed by atoms with Crippen LogP contribution in [0.5, 0.6) is 0 Å². The van der Waals surface area contributed by atoms with Crippen molar-refractivity contribution in [1.82, 2.24) is 0 Å². The van der Waals surface area contributed by atoms with E-state index in [0.717, 1.165) is 0 Å². The Morgan fingerprint density at radius 1 is 1.33 bits per heavy atom. The smallest absolute Gasteiger partial charge is 0.867 e. The van der Waals surface area contributed by atoms with E-state index in [4.69, 9.17) is 24.1 Å². The van der Waals surface area contributed by atoms with Crippen LogP contribution in [0.25, 0.3) is 0 Å². The van der Waals surface area contributed by atoms with Crippen LogP contribution in [0, 0.1) is 0 Å². The second-order valence-corrected chi connectivity index (χ2v) is 1.02. The summed E-state index contributed by atoms with van der Waals surface area (Å²) in [6.45, 7) is 0. The molecule has 0 aromatic heterocycles. The molecule has 0 N–H and O–H groups in total. The Morgan fingerprint density at radius 2 is 1.33 bits per heavy atom. The van der Waals surface area contributed by atoms with Crippen molar-refractivity contribution in [3.05, 3.63) is 0 Å². The van der Waals surface area contributed by atoms with Crippen LogP contribution in [0.15, 0.2) is 0 Å². The zero-order chi connectivity index (χ0) is 7.15. The van der Waals surface area contributed by atoms with Crippen molar-refractivity contribution in [2.24, 2.45) is 0 Å². The molecular weight excluding hydrogens is 177 g/mol. The number of hydrogen-bond donors (Lipinski definition) is 0. The van der Waals surface area contributed by atoms with E-state index in [2.05, 4.69) is 0 Å². The van der Waals surface area contributed by atoms with Crippen LogP contribution in [0.3, 0.4) is 0 Å². The summed E-state index contributed by atoms with van der Waals surface area (Å²) in [5.41, 5.74) is 0. The van der Waals surface area contributed by atoms with Crippen molar-refractivity contribution < 1.29 is 79.8 Å². The first-order valence-electron chi connectivity index (χ1n) is 1.30. The molecule has 48 valence electrons. The van der Waals surface area contributed by atoms with Crippen molar-refractivity contribution >= 4 is 16.6 Å². The van der Waals surface area contributed by atoms with Gasteiger partial charge in [-0.05, 0) is 0 Å². The molecule has 0 rings (SSSR count). The van der Waals surface area contributed by atoms with Gasteiger partial charge in [0, 0.05) is 9.17 Å². The quantitative estimate of drug-likeness (QED) is 0.341. The van der Waals surface area contributed by atoms with Crippen molar-refractivity contribution in [1.29, 1.82) is 0 Å². The predicted octanol–water partition coefficient (Wildman–Crippen LogP) is -8.21. The fourth-order valence-corrected chi connectivity index (χ4v) is 0. The minimum Gasteiger partial charge on any atom is -0.867 e. The largest absolute Gasteiger partial charge is 1.00 e. The summed E-state index contributed by atoms with van der Waals surface area (Å²) >= 11 is 0. The molecule has 0 aliphatic rings. The fraction of sp³-hybridized carbons (Fsp3) is 0. The zero-order valence-electron chi connectivity index (χ0n) is 4.50. The summed E-state index contributed by atoms with van der Waals surface area (Å²) < 4.78 is 18.4. The molecule has 0 aromatic rings. The Labute approximate surface area is 95.0 Å². The Kier molecular flexibility index (Phi) is 22.0. The maximum Gasteiger partial charge on any atom is 1.00 e. The van der Waals surface area contributed by atoms with Crippen molar-refractivity contribution in [2.45, 2.75) is 0 Å². The van der Waals surface area contributed by atoms with Crippen LogP contribution in [-0.2, 0) is 4.46 Å². The van der Waals surface area contributed by atoms with E-state index < -0.39 is 16.6 Å². The molecule has 9 heteroatoms. The molecular formula is BFKO5Si-3. The van der Waals surface area contributed by atoms with Gasteiger partial charge in [0.05, 0.1) is 0 Å². The molecule has 0 aliphatic heterocycles. The second kappa shape index (κ2) is 11.9. The van der Waals surface area contributed by atoms with Gasteiger partial charge in [-0.2, -0.15) is 0 Å². The molecule has 0 bridgehead atoms. The molecule has 0 saturated heterocycles. The maximum absolute atomic E-state index is 9.89. The predicted molar refractivity (Wildman–Crippen MR) is 13.3 cm³/mol. The van der Waals surface area contributed by atoms with Crippen molar-refractivity contribution in [3.8, 4) is 0 Å². The van der Waals surface area contributed by atoms with E-state index in [-0.39, 0.29) is 51.4 Å². The third kappa shape index (κ3) is 345. The van der Waals surface area contributed by atoms with E-state index in [1.807, 2.05) is 0 Å².